The van der Waals surface area contributed by atoms with Crippen molar-refractivity contribution in [2.24, 2.45) is 0 Å². The molecule has 0 bridgehead atoms. The number of hydrogen-bond acceptors (Lipinski definition) is 4. The van der Waals surface area contributed by atoms with Gasteiger partial charge in [-0.15, -0.1) is 0 Å². The molecule has 0 radical (unpaired) electrons. The second kappa shape index (κ2) is 6.40. The number of rotatable bonds is 4. The quantitative estimate of drug-likeness (QED) is 0.717. The van der Waals surface area contributed by atoms with Crippen molar-refractivity contribution in [2.75, 3.05) is 7.11 Å². The van der Waals surface area contributed by atoms with E-state index in [0.717, 1.165) is 26.5 Å². The first kappa shape index (κ1) is 17.6. The Bertz CT molecular complexity index is 1120. The Morgan fingerprint density at radius 1 is 1.19 bits per heavy atom. The monoisotopic (exact) mass is 386 g/mol. The van der Waals surface area contributed by atoms with Gasteiger partial charge in [-0.25, -0.2) is 8.42 Å². The van der Waals surface area contributed by atoms with Crippen LogP contribution >= 0.6 is 0 Å². The summed E-state index contributed by atoms with van der Waals surface area (Å²) in [6.07, 6.45) is 0.115. The van der Waals surface area contributed by atoms with Crippen molar-refractivity contribution < 1.29 is 23.1 Å². The first-order valence-corrected chi connectivity index (χ1v) is 9.83. The van der Waals surface area contributed by atoms with Gasteiger partial charge in [0.15, 0.2) is 0 Å². The van der Waals surface area contributed by atoms with E-state index < -0.39 is 22.0 Å². The molecular weight excluding hydrogens is 368 g/mol. The molecule has 2 heterocycles. The first-order valence-electron chi connectivity index (χ1n) is 8.39. The second-order valence-electron chi connectivity index (χ2n) is 6.41. The SMILES string of the molecule is COc1ccc(S(=O)(=O)N2Cc3[nH]c4ccccc4c3C[C@H]2C(=O)O)cc1. The number of para-hydroxylation sites is 1. The predicted octanol–water partition coefficient (Wildman–Crippen LogP) is 2.38. The van der Waals surface area contributed by atoms with Crippen LogP contribution in [0.4, 0.5) is 0 Å². The predicted molar refractivity (Wildman–Crippen MR) is 99.1 cm³/mol. The number of fused-ring (bicyclic) bond motifs is 3. The fourth-order valence-electron chi connectivity index (χ4n) is 3.53. The first-order chi connectivity index (χ1) is 12.9. The summed E-state index contributed by atoms with van der Waals surface area (Å²) >= 11 is 0. The molecule has 1 aliphatic rings. The molecule has 7 nitrogen and oxygen atoms in total. The molecule has 0 spiro atoms. The van der Waals surface area contributed by atoms with Gasteiger partial charge in [0.25, 0.3) is 0 Å². The number of H-pyrrole nitrogens is 1. The summed E-state index contributed by atoms with van der Waals surface area (Å²) < 4.78 is 32.4. The number of methoxy groups -OCH3 is 1. The third-order valence-electron chi connectivity index (χ3n) is 4.91. The zero-order chi connectivity index (χ0) is 19.2. The van der Waals surface area contributed by atoms with Gasteiger partial charge in [-0.1, -0.05) is 18.2 Å². The van der Waals surface area contributed by atoms with E-state index in [4.69, 9.17) is 4.74 Å². The molecule has 2 N–H and O–H groups in total. The van der Waals surface area contributed by atoms with E-state index >= 15 is 0 Å². The molecule has 0 fully saturated rings. The van der Waals surface area contributed by atoms with Crippen molar-refractivity contribution >= 4 is 26.9 Å². The van der Waals surface area contributed by atoms with Crippen LogP contribution in [0.5, 0.6) is 5.75 Å². The summed E-state index contributed by atoms with van der Waals surface area (Å²) in [5, 5.41) is 10.6. The average molecular weight is 386 g/mol. The number of carboxylic acid groups (broad SMARTS) is 1. The number of aliphatic carboxylic acids is 1. The topological polar surface area (TPSA) is 99.7 Å². The van der Waals surface area contributed by atoms with Gasteiger partial charge < -0.3 is 14.8 Å². The highest BCUT2D eigenvalue weighted by Crippen LogP contribution is 2.33. The summed E-state index contributed by atoms with van der Waals surface area (Å²) in [5.41, 5.74) is 2.46. The molecule has 1 aromatic heterocycles. The van der Waals surface area contributed by atoms with Crippen LogP contribution in [-0.4, -0.2) is 41.9 Å². The van der Waals surface area contributed by atoms with E-state index in [0.29, 0.717) is 5.75 Å². The number of hydrogen-bond donors (Lipinski definition) is 2. The van der Waals surface area contributed by atoms with Crippen LogP contribution < -0.4 is 4.74 Å². The van der Waals surface area contributed by atoms with E-state index in [1.807, 2.05) is 24.3 Å². The lowest BCUT2D eigenvalue weighted by molar-refractivity contribution is -0.141. The van der Waals surface area contributed by atoms with Gasteiger partial charge in [0.2, 0.25) is 10.0 Å². The highest BCUT2D eigenvalue weighted by atomic mass is 32.2. The van der Waals surface area contributed by atoms with Crippen molar-refractivity contribution in [1.29, 1.82) is 0 Å². The summed E-state index contributed by atoms with van der Waals surface area (Å²) in [5.74, 6) is -0.636. The minimum Gasteiger partial charge on any atom is -0.497 e. The fourth-order valence-corrected chi connectivity index (χ4v) is 5.08. The minimum atomic E-state index is -3.98. The van der Waals surface area contributed by atoms with Gasteiger partial charge in [0.1, 0.15) is 11.8 Å². The van der Waals surface area contributed by atoms with E-state index in [9.17, 15) is 18.3 Å². The number of nitrogens with one attached hydrogen (secondary N) is 1. The average Bonchev–Trinajstić information content (AvgIpc) is 3.04. The molecule has 4 rings (SSSR count). The number of benzene rings is 2. The molecule has 0 saturated carbocycles. The Labute approximate surface area is 156 Å². The smallest absolute Gasteiger partial charge is 0.322 e. The minimum absolute atomic E-state index is 0.0185. The molecule has 0 amide bonds. The third kappa shape index (κ3) is 2.87. The maximum absolute atomic E-state index is 13.1. The van der Waals surface area contributed by atoms with Crippen LogP contribution in [0.2, 0.25) is 0 Å². The molecule has 0 aliphatic carbocycles. The van der Waals surface area contributed by atoms with Crippen molar-refractivity contribution in [2.45, 2.75) is 23.9 Å². The van der Waals surface area contributed by atoms with E-state index in [1.54, 1.807) is 12.1 Å². The standard InChI is InChI=1S/C19H18N2O5S/c1-26-12-6-8-13(9-7-12)27(24,25)21-11-17-15(10-18(21)19(22)23)14-4-2-3-5-16(14)20-17/h2-9,18,20H,10-11H2,1H3,(H,22,23)/t18-/m0/s1. The van der Waals surface area contributed by atoms with E-state index in [1.165, 1.54) is 19.2 Å². The molecule has 0 saturated heterocycles. The van der Waals surface area contributed by atoms with E-state index in [2.05, 4.69) is 4.98 Å². The maximum atomic E-state index is 13.1. The Morgan fingerprint density at radius 3 is 2.56 bits per heavy atom. The van der Waals surface area contributed by atoms with Crippen molar-refractivity contribution in [3.8, 4) is 5.75 Å². The second-order valence-corrected chi connectivity index (χ2v) is 8.30. The lowest BCUT2D eigenvalue weighted by Crippen LogP contribution is -2.48. The molecular formula is C19H18N2O5S. The van der Waals surface area contributed by atoms with Crippen molar-refractivity contribution in [1.82, 2.24) is 9.29 Å². The Balaban J connectivity index is 1.79. The van der Waals surface area contributed by atoms with Gasteiger partial charge in [0.05, 0.1) is 18.6 Å². The van der Waals surface area contributed by atoms with Gasteiger partial charge in [-0.2, -0.15) is 4.31 Å². The molecule has 140 valence electrons. The van der Waals surface area contributed by atoms with Gasteiger partial charge in [-0.05, 0) is 35.9 Å². The normalized spacial score (nSPS) is 17.6. The zero-order valence-corrected chi connectivity index (χ0v) is 15.4. The number of carboxylic acids is 1. The summed E-state index contributed by atoms with van der Waals surface area (Å²) in [7, 11) is -2.49. The molecule has 27 heavy (non-hydrogen) atoms. The Hall–Kier alpha value is -2.84. The van der Waals surface area contributed by atoms with Crippen LogP contribution in [0.3, 0.4) is 0 Å². The van der Waals surface area contributed by atoms with Gasteiger partial charge >= 0.3 is 5.97 Å². The number of ether oxygens (including phenoxy) is 1. The van der Waals surface area contributed by atoms with Crippen LogP contribution in [-0.2, 0) is 27.8 Å². The lowest BCUT2D eigenvalue weighted by atomic mass is 9.99. The van der Waals surface area contributed by atoms with Crippen LogP contribution in [0.15, 0.2) is 53.4 Å². The van der Waals surface area contributed by atoms with Gasteiger partial charge in [0, 0.05) is 23.0 Å². The summed E-state index contributed by atoms with van der Waals surface area (Å²) in [4.78, 5) is 15.1. The maximum Gasteiger partial charge on any atom is 0.322 e. The molecule has 8 heteroatoms. The van der Waals surface area contributed by atoms with Crippen LogP contribution in [0.25, 0.3) is 10.9 Å². The highest BCUT2D eigenvalue weighted by molar-refractivity contribution is 7.89. The van der Waals surface area contributed by atoms with Gasteiger partial charge in [-0.3, -0.25) is 4.79 Å². The molecule has 0 unspecified atom stereocenters. The van der Waals surface area contributed by atoms with Crippen LogP contribution in [0.1, 0.15) is 11.3 Å². The molecule has 1 aliphatic heterocycles. The number of carbonyl (C=O) groups is 1. The third-order valence-corrected chi connectivity index (χ3v) is 6.78. The van der Waals surface area contributed by atoms with Crippen molar-refractivity contribution in [3.63, 3.8) is 0 Å². The summed E-state index contributed by atoms with van der Waals surface area (Å²) in [6.45, 7) is -0.0185. The summed E-state index contributed by atoms with van der Waals surface area (Å²) in [6, 6.07) is 12.3. The number of sulfonamides is 1. The molecule has 1 atom stereocenters. The Morgan fingerprint density at radius 2 is 1.89 bits per heavy atom. The number of nitrogens with zero attached hydrogens (tertiary/aromatic N) is 1. The largest absolute Gasteiger partial charge is 0.497 e. The van der Waals surface area contributed by atoms with Crippen molar-refractivity contribution in [3.05, 3.63) is 59.8 Å². The lowest BCUT2D eigenvalue weighted by Gasteiger charge is -2.32. The Kier molecular flexibility index (Phi) is 4.16. The number of aromatic amines is 1. The fraction of sp³-hybridized carbons (Fsp3) is 0.211. The molecule has 2 aromatic carbocycles. The number of aromatic nitrogens is 1. The highest BCUT2D eigenvalue weighted by Gasteiger charge is 2.41. The van der Waals surface area contributed by atoms with Crippen LogP contribution in [0, 0.1) is 0 Å². The van der Waals surface area contributed by atoms with E-state index in [-0.39, 0.29) is 17.9 Å². The molecule has 3 aromatic rings. The zero-order valence-electron chi connectivity index (χ0n) is 14.5.